The van der Waals surface area contributed by atoms with E-state index in [9.17, 15) is 4.79 Å². The van der Waals surface area contributed by atoms with Gasteiger partial charge in [-0.3, -0.25) is 4.79 Å². The third-order valence-corrected chi connectivity index (χ3v) is 2.35. The number of nitrogens with zero attached hydrogens (tertiary/aromatic N) is 1. The minimum atomic E-state index is -0.213. The zero-order chi connectivity index (χ0) is 11.5. The van der Waals surface area contributed by atoms with Crippen LogP contribution in [0.1, 0.15) is 20.8 Å². The van der Waals surface area contributed by atoms with Crippen molar-refractivity contribution in [2.24, 2.45) is 0 Å². The molecule has 0 saturated carbocycles. The Kier molecular flexibility index (Phi) is 6.10. The van der Waals surface area contributed by atoms with E-state index in [1.165, 1.54) is 0 Å². The van der Waals surface area contributed by atoms with Crippen molar-refractivity contribution in [2.45, 2.75) is 32.4 Å². The first-order valence-electron chi connectivity index (χ1n) is 4.93. The minimum absolute atomic E-state index is 0. The Morgan fingerprint density at radius 3 is 2.50 bits per heavy atom. The van der Waals surface area contributed by atoms with Gasteiger partial charge in [-0.15, -0.1) is 0 Å². The Bertz CT molecular complexity index is 328. The van der Waals surface area contributed by atoms with Crippen LogP contribution in [0.3, 0.4) is 0 Å². The monoisotopic (exact) mass is 229 g/mol. The molecule has 82 valence electrons. The van der Waals surface area contributed by atoms with E-state index in [4.69, 9.17) is 12.6 Å². The summed E-state index contributed by atoms with van der Waals surface area (Å²) in [6, 6.07) is -0.0509. The maximum Gasteiger partial charge on any atom is 1.00 e. The molecular formula is C12H16LiNOS. The molecule has 0 fully saturated rings. The molecule has 0 radical (unpaired) electrons. The molecule has 0 aromatic heterocycles. The minimum Gasteiger partial charge on any atom is -0.788 e. The summed E-state index contributed by atoms with van der Waals surface area (Å²) >= 11 is 4.82. The Labute approximate surface area is 115 Å². The molecule has 1 aliphatic heterocycles. The molecule has 1 atom stereocenters. The maximum atomic E-state index is 11.9. The van der Waals surface area contributed by atoms with Crippen LogP contribution in [0.5, 0.6) is 0 Å². The predicted molar refractivity (Wildman–Crippen MR) is 65.2 cm³/mol. The summed E-state index contributed by atoms with van der Waals surface area (Å²) in [5.74, 6) is 0.0191. The van der Waals surface area contributed by atoms with E-state index in [1.807, 2.05) is 43.9 Å². The van der Waals surface area contributed by atoms with Crippen molar-refractivity contribution in [1.82, 2.24) is 4.90 Å². The Hall–Kier alpha value is -0.493. The summed E-state index contributed by atoms with van der Waals surface area (Å²) in [6.07, 6.45) is 9.04. The Balaban J connectivity index is 0.00000225. The SMILES string of the molecule is CC(C)(C)N1C(=O)C=CC=CC1/C=C\[S-].[Li+]. The molecule has 1 heterocycles. The van der Waals surface area contributed by atoms with Gasteiger partial charge in [-0.25, -0.2) is 5.41 Å². The van der Waals surface area contributed by atoms with Gasteiger partial charge in [0.2, 0.25) is 5.91 Å². The van der Waals surface area contributed by atoms with Crippen LogP contribution >= 0.6 is 0 Å². The molecule has 1 rings (SSSR count). The van der Waals surface area contributed by atoms with Crippen LogP contribution in [0, 0.1) is 0 Å². The summed E-state index contributed by atoms with van der Waals surface area (Å²) in [7, 11) is 0. The summed E-state index contributed by atoms with van der Waals surface area (Å²) < 4.78 is 0. The second-order valence-electron chi connectivity index (χ2n) is 4.44. The molecular weight excluding hydrogens is 213 g/mol. The third kappa shape index (κ3) is 3.82. The molecule has 0 aliphatic carbocycles. The topological polar surface area (TPSA) is 20.3 Å². The molecule has 0 saturated heterocycles. The Morgan fingerprint density at radius 2 is 2.00 bits per heavy atom. The van der Waals surface area contributed by atoms with Crippen LogP contribution in [0.4, 0.5) is 0 Å². The van der Waals surface area contributed by atoms with Gasteiger partial charge in [-0.1, -0.05) is 24.3 Å². The van der Waals surface area contributed by atoms with Crippen molar-refractivity contribution >= 4 is 18.5 Å². The number of carbonyl (C=O) groups excluding carboxylic acids is 1. The Morgan fingerprint density at radius 1 is 1.38 bits per heavy atom. The maximum absolute atomic E-state index is 11.9. The second-order valence-corrected chi connectivity index (χ2v) is 4.71. The summed E-state index contributed by atoms with van der Waals surface area (Å²) in [4.78, 5) is 13.7. The number of carbonyl (C=O) groups is 1. The summed E-state index contributed by atoms with van der Waals surface area (Å²) in [5, 5.41) is 1.56. The van der Waals surface area contributed by atoms with Gasteiger partial charge in [0.1, 0.15) is 0 Å². The van der Waals surface area contributed by atoms with E-state index in [0.29, 0.717) is 0 Å². The van der Waals surface area contributed by atoms with Gasteiger partial charge in [0.05, 0.1) is 6.04 Å². The molecule has 1 unspecified atom stereocenters. The average molecular weight is 229 g/mol. The smallest absolute Gasteiger partial charge is 0.788 e. The van der Waals surface area contributed by atoms with Crippen molar-refractivity contribution in [3.05, 3.63) is 35.8 Å². The number of rotatable bonds is 1. The van der Waals surface area contributed by atoms with Crippen molar-refractivity contribution in [1.29, 1.82) is 0 Å². The van der Waals surface area contributed by atoms with Crippen LogP contribution in [0.15, 0.2) is 35.8 Å². The molecule has 1 aliphatic rings. The van der Waals surface area contributed by atoms with Gasteiger partial charge in [0, 0.05) is 11.6 Å². The fourth-order valence-corrected chi connectivity index (χ4v) is 1.80. The van der Waals surface area contributed by atoms with Gasteiger partial charge in [-0.2, -0.15) is 0 Å². The van der Waals surface area contributed by atoms with Crippen LogP contribution < -0.4 is 18.9 Å². The van der Waals surface area contributed by atoms with Crippen LogP contribution in [-0.2, 0) is 17.4 Å². The molecule has 0 spiro atoms. The molecule has 1 amide bonds. The van der Waals surface area contributed by atoms with Gasteiger partial charge in [0.15, 0.2) is 0 Å². The second kappa shape index (κ2) is 6.29. The number of amides is 1. The fourth-order valence-electron chi connectivity index (χ4n) is 1.64. The molecule has 0 N–H and O–H groups in total. The normalized spacial score (nSPS) is 21.1. The van der Waals surface area contributed by atoms with Crippen molar-refractivity contribution in [2.75, 3.05) is 0 Å². The molecule has 0 aromatic rings. The first kappa shape index (κ1) is 15.5. The molecule has 16 heavy (non-hydrogen) atoms. The van der Waals surface area contributed by atoms with Crippen LogP contribution in [0.2, 0.25) is 0 Å². The van der Waals surface area contributed by atoms with E-state index < -0.39 is 0 Å². The predicted octanol–water partition coefficient (Wildman–Crippen LogP) is -0.827. The van der Waals surface area contributed by atoms with E-state index in [2.05, 4.69) is 0 Å². The van der Waals surface area contributed by atoms with E-state index in [1.54, 1.807) is 17.6 Å². The third-order valence-electron chi connectivity index (χ3n) is 2.19. The van der Waals surface area contributed by atoms with Crippen molar-refractivity contribution in [3.8, 4) is 0 Å². The first-order valence-corrected chi connectivity index (χ1v) is 5.41. The molecule has 4 heteroatoms. The average Bonchev–Trinajstić information content (AvgIpc) is 2.26. The number of hydrogen-bond donors (Lipinski definition) is 0. The van der Waals surface area contributed by atoms with Crippen LogP contribution in [0.25, 0.3) is 0 Å². The standard InChI is InChI=1S/C12H17NOS.Li/c1-12(2,3)13-10(8-9-15)6-4-5-7-11(13)14;/h4-10,15H,1-3H3;/q;+1/p-1/b9-8-;. The quantitative estimate of drug-likeness (QED) is 0.432. The van der Waals surface area contributed by atoms with Gasteiger partial charge >= 0.3 is 18.9 Å². The van der Waals surface area contributed by atoms with E-state index >= 15 is 0 Å². The van der Waals surface area contributed by atoms with E-state index in [0.717, 1.165) is 0 Å². The van der Waals surface area contributed by atoms with Crippen molar-refractivity contribution in [3.63, 3.8) is 0 Å². The number of hydrogen-bond acceptors (Lipinski definition) is 2. The van der Waals surface area contributed by atoms with Gasteiger partial charge in [0.25, 0.3) is 0 Å². The van der Waals surface area contributed by atoms with Gasteiger partial charge in [-0.05, 0) is 20.8 Å². The zero-order valence-electron chi connectivity index (χ0n) is 10.3. The molecule has 0 bridgehead atoms. The number of allylic oxidation sites excluding steroid dienone is 2. The molecule has 2 nitrogen and oxygen atoms in total. The first-order chi connectivity index (χ1) is 6.96. The summed E-state index contributed by atoms with van der Waals surface area (Å²) in [6.45, 7) is 6.05. The van der Waals surface area contributed by atoms with Crippen LogP contribution in [-0.4, -0.2) is 22.4 Å². The van der Waals surface area contributed by atoms with Gasteiger partial charge < -0.3 is 17.5 Å². The molecule has 0 aromatic carbocycles. The summed E-state index contributed by atoms with van der Waals surface area (Å²) in [5.41, 5.74) is -0.213. The largest absolute Gasteiger partial charge is 1.00 e. The zero-order valence-corrected chi connectivity index (χ0v) is 11.1. The fraction of sp³-hybridized carbons (Fsp3) is 0.417. The van der Waals surface area contributed by atoms with E-state index in [-0.39, 0.29) is 36.3 Å². The van der Waals surface area contributed by atoms with Crippen molar-refractivity contribution < 1.29 is 23.7 Å².